The molecule has 1 saturated carbocycles. The first-order valence-corrected chi connectivity index (χ1v) is 14.8. The standard InChI is InChI=1S/C36H32N2O6/c1-4-20-10-13-23(14-11-20)37-32(40)25-16-15-24-26(30(25)34(37)42)19-27-33(41)38(22-8-6-5-7-9-22)35(43)36(27,2)31(24)21-12-17-29(44-3)28(39)18-21/h4-15,17-18,25-27,30-31,39H,1,16,19H2,2-3H3/t25-,26+,27-,30-,31-,36+/m0/s1. The summed E-state index contributed by atoms with van der Waals surface area (Å²) in [5, 5.41) is 10.8. The smallest absolute Gasteiger partial charge is 0.241 e. The lowest BCUT2D eigenvalue weighted by molar-refractivity contribution is -0.131. The molecule has 3 aromatic rings. The quantitative estimate of drug-likeness (QED) is 0.313. The third-order valence-corrected chi connectivity index (χ3v) is 10.2. The van der Waals surface area contributed by atoms with Crippen LogP contribution >= 0.6 is 0 Å². The monoisotopic (exact) mass is 588 g/mol. The number of methoxy groups -OCH3 is 1. The van der Waals surface area contributed by atoms with Crippen molar-refractivity contribution in [3.8, 4) is 11.5 Å². The van der Waals surface area contributed by atoms with Crippen molar-refractivity contribution in [2.45, 2.75) is 25.7 Å². The number of allylic oxidation sites excluding steroid dienone is 2. The van der Waals surface area contributed by atoms with Crippen LogP contribution in [0.1, 0.15) is 36.8 Å². The largest absolute Gasteiger partial charge is 0.504 e. The molecule has 44 heavy (non-hydrogen) atoms. The normalized spacial score (nSPS) is 29.2. The van der Waals surface area contributed by atoms with E-state index in [9.17, 15) is 24.3 Å². The van der Waals surface area contributed by atoms with E-state index in [2.05, 4.69) is 6.58 Å². The summed E-state index contributed by atoms with van der Waals surface area (Å²) < 4.78 is 5.28. The Balaban J connectivity index is 1.36. The molecule has 7 rings (SSSR count). The lowest BCUT2D eigenvalue weighted by Crippen LogP contribution is -2.48. The first kappa shape index (κ1) is 27.8. The SMILES string of the molecule is C=Cc1ccc(N2C(=O)[C@H]3[C@H](CC=C4[C@H]3C[C@H]3C(=O)N(c5ccccc5)C(=O)[C@@]3(C)[C@H]4c3ccc(OC)c(O)c3)C2=O)cc1. The van der Waals surface area contributed by atoms with E-state index in [1.165, 1.54) is 16.9 Å². The highest BCUT2D eigenvalue weighted by Gasteiger charge is 2.67. The maximum atomic E-state index is 14.4. The predicted octanol–water partition coefficient (Wildman–Crippen LogP) is 5.48. The van der Waals surface area contributed by atoms with Gasteiger partial charge in [0.15, 0.2) is 11.5 Å². The molecular formula is C36H32N2O6. The van der Waals surface area contributed by atoms with E-state index in [1.807, 2.05) is 31.2 Å². The van der Waals surface area contributed by atoms with Gasteiger partial charge >= 0.3 is 0 Å². The molecule has 2 saturated heterocycles. The number of phenols is 1. The average molecular weight is 589 g/mol. The molecule has 0 radical (unpaired) electrons. The Morgan fingerprint density at radius 2 is 1.59 bits per heavy atom. The van der Waals surface area contributed by atoms with Crippen molar-refractivity contribution in [3.05, 3.63) is 102 Å². The third-order valence-electron chi connectivity index (χ3n) is 10.2. The maximum Gasteiger partial charge on any atom is 0.241 e. The molecule has 4 amide bonds. The number of amides is 4. The molecule has 3 aromatic carbocycles. The van der Waals surface area contributed by atoms with Crippen LogP contribution in [0.5, 0.6) is 11.5 Å². The van der Waals surface area contributed by atoms with E-state index < -0.39 is 35.0 Å². The van der Waals surface area contributed by atoms with Crippen molar-refractivity contribution in [1.82, 2.24) is 0 Å². The highest BCUT2D eigenvalue weighted by molar-refractivity contribution is 6.25. The number of aromatic hydroxyl groups is 1. The Kier molecular flexibility index (Phi) is 6.35. The van der Waals surface area contributed by atoms with Gasteiger partial charge in [0.05, 0.1) is 41.7 Å². The van der Waals surface area contributed by atoms with Crippen LogP contribution in [0.15, 0.2) is 91.0 Å². The first-order valence-electron chi connectivity index (χ1n) is 14.8. The molecule has 222 valence electrons. The maximum absolute atomic E-state index is 14.4. The number of hydrogen-bond donors (Lipinski definition) is 1. The molecule has 2 aliphatic heterocycles. The number of anilines is 2. The second kappa shape index (κ2) is 10.0. The van der Waals surface area contributed by atoms with Gasteiger partial charge in [-0.2, -0.15) is 0 Å². The van der Waals surface area contributed by atoms with E-state index in [0.717, 1.165) is 11.1 Å². The number of carbonyl (C=O) groups excluding carboxylic acids is 4. The van der Waals surface area contributed by atoms with Gasteiger partial charge in [-0.3, -0.25) is 24.1 Å². The number of carbonyl (C=O) groups is 4. The van der Waals surface area contributed by atoms with Crippen molar-refractivity contribution in [1.29, 1.82) is 0 Å². The van der Waals surface area contributed by atoms with E-state index in [4.69, 9.17) is 4.74 Å². The number of phenolic OH excluding ortho intramolecular Hbond substituents is 1. The number of benzene rings is 3. The van der Waals surface area contributed by atoms with Gasteiger partial charge in [0, 0.05) is 5.92 Å². The van der Waals surface area contributed by atoms with Crippen LogP contribution in [0.25, 0.3) is 6.08 Å². The number of imide groups is 2. The molecule has 0 spiro atoms. The highest BCUT2D eigenvalue weighted by atomic mass is 16.5. The minimum atomic E-state index is -1.19. The van der Waals surface area contributed by atoms with Gasteiger partial charge in [0.1, 0.15) is 0 Å². The molecule has 8 heteroatoms. The third kappa shape index (κ3) is 3.76. The lowest BCUT2D eigenvalue weighted by atomic mass is 9.51. The van der Waals surface area contributed by atoms with Crippen LogP contribution in [0, 0.1) is 29.1 Å². The second-order valence-corrected chi connectivity index (χ2v) is 12.2. The fourth-order valence-electron chi connectivity index (χ4n) is 8.12. The summed E-state index contributed by atoms with van der Waals surface area (Å²) in [5.74, 6) is -4.02. The molecular weight excluding hydrogens is 556 g/mol. The average Bonchev–Trinajstić information content (AvgIpc) is 3.40. The summed E-state index contributed by atoms with van der Waals surface area (Å²) in [6.45, 7) is 5.60. The Labute approximate surface area is 255 Å². The topological polar surface area (TPSA) is 104 Å². The zero-order chi connectivity index (χ0) is 30.9. The number of hydrogen-bond acceptors (Lipinski definition) is 6. The number of fused-ring (bicyclic) bond motifs is 4. The summed E-state index contributed by atoms with van der Waals surface area (Å²) >= 11 is 0. The van der Waals surface area contributed by atoms with Gasteiger partial charge in [0.25, 0.3) is 0 Å². The van der Waals surface area contributed by atoms with Gasteiger partial charge in [-0.15, -0.1) is 0 Å². The molecule has 8 nitrogen and oxygen atoms in total. The predicted molar refractivity (Wildman–Crippen MR) is 165 cm³/mol. The molecule has 0 bridgehead atoms. The number of para-hydroxylation sites is 1. The molecule has 0 unspecified atom stereocenters. The second-order valence-electron chi connectivity index (χ2n) is 12.2. The van der Waals surface area contributed by atoms with Crippen LogP contribution in [0.3, 0.4) is 0 Å². The van der Waals surface area contributed by atoms with E-state index in [-0.39, 0.29) is 41.5 Å². The van der Waals surface area contributed by atoms with Crippen LogP contribution in [0.2, 0.25) is 0 Å². The number of nitrogens with zero attached hydrogens (tertiary/aromatic N) is 2. The van der Waals surface area contributed by atoms with Crippen molar-refractivity contribution in [2.24, 2.45) is 29.1 Å². The number of ether oxygens (including phenoxy) is 1. The zero-order valence-corrected chi connectivity index (χ0v) is 24.5. The molecule has 3 fully saturated rings. The lowest BCUT2D eigenvalue weighted by Gasteiger charge is -2.49. The minimum absolute atomic E-state index is 0.0838. The Hall–Kier alpha value is -4.98. The van der Waals surface area contributed by atoms with Gasteiger partial charge in [-0.1, -0.05) is 60.7 Å². The van der Waals surface area contributed by atoms with E-state index in [0.29, 0.717) is 23.4 Å². The molecule has 1 N–H and O–H groups in total. The van der Waals surface area contributed by atoms with Crippen molar-refractivity contribution in [2.75, 3.05) is 16.9 Å². The molecule has 4 aliphatic rings. The minimum Gasteiger partial charge on any atom is -0.504 e. The van der Waals surface area contributed by atoms with E-state index >= 15 is 0 Å². The fraction of sp³-hybridized carbons (Fsp3) is 0.278. The first-order chi connectivity index (χ1) is 21.2. The molecule has 2 heterocycles. The highest BCUT2D eigenvalue weighted by Crippen LogP contribution is 2.64. The molecule has 0 aromatic heterocycles. The van der Waals surface area contributed by atoms with Crippen molar-refractivity contribution >= 4 is 41.1 Å². The van der Waals surface area contributed by atoms with Crippen molar-refractivity contribution in [3.63, 3.8) is 0 Å². The molecule has 6 atom stereocenters. The van der Waals surface area contributed by atoms with Gasteiger partial charge < -0.3 is 9.84 Å². The van der Waals surface area contributed by atoms with Gasteiger partial charge in [0.2, 0.25) is 23.6 Å². The summed E-state index contributed by atoms with van der Waals surface area (Å²) in [6, 6.07) is 21.0. The summed E-state index contributed by atoms with van der Waals surface area (Å²) in [5.41, 5.74) is 2.19. The van der Waals surface area contributed by atoms with Crippen LogP contribution < -0.4 is 14.5 Å². The fourth-order valence-corrected chi connectivity index (χ4v) is 8.12. The Bertz CT molecular complexity index is 1760. The summed E-state index contributed by atoms with van der Waals surface area (Å²) in [7, 11) is 1.46. The Morgan fingerprint density at radius 1 is 0.886 bits per heavy atom. The molecule has 2 aliphatic carbocycles. The van der Waals surface area contributed by atoms with Gasteiger partial charge in [-0.05, 0) is 73.2 Å². The van der Waals surface area contributed by atoms with Crippen LogP contribution in [0.4, 0.5) is 11.4 Å². The summed E-state index contributed by atoms with van der Waals surface area (Å²) in [4.78, 5) is 59.1. The summed E-state index contributed by atoms with van der Waals surface area (Å²) in [6.07, 6.45) is 4.30. The van der Waals surface area contributed by atoms with E-state index in [1.54, 1.807) is 60.7 Å². The van der Waals surface area contributed by atoms with Gasteiger partial charge in [-0.25, -0.2) is 4.90 Å². The zero-order valence-electron chi connectivity index (χ0n) is 24.5. The van der Waals surface area contributed by atoms with Crippen LogP contribution in [-0.4, -0.2) is 35.8 Å². The Morgan fingerprint density at radius 3 is 2.25 bits per heavy atom. The number of rotatable bonds is 5. The van der Waals surface area contributed by atoms with Crippen molar-refractivity contribution < 1.29 is 29.0 Å². The van der Waals surface area contributed by atoms with Crippen LogP contribution in [-0.2, 0) is 19.2 Å².